The molecule has 1 aromatic heterocycles. The SMILES string of the molecule is CCOC(=N)c1ccc2[nH]nc(-c3cccc(C(=O)NC4CC4)c3)c2c1. The van der Waals surface area contributed by atoms with Gasteiger partial charge < -0.3 is 10.1 Å². The van der Waals surface area contributed by atoms with Crippen LogP contribution in [0.2, 0.25) is 0 Å². The number of hydrogen-bond donors (Lipinski definition) is 3. The number of nitrogens with one attached hydrogen (secondary N) is 3. The molecule has 3 aromatic rings. The summed E-state index contributed by atoms with van der Waals surface area (Å²) in [6, 6.07) is 13.4. The predicted molar refractivity (Wildman–Crippen MR) is 100 cm³/mol. The van der Waals surface area contributed by atoms with Crippen molar-refractivity contribution < 1.29 is 9.53 Å². The molecule has 3 N–H and O–H groups in total. The highest BCUT2D eigenvalue weighted by molar-refractivity contribution is 6.01. The minimum Gasteiger partial charge on any atom is -0.478 e. The smallest absolute Gasteiger partial charge is 0.251 e. The van der Waals surface area contributed by atoms with Crippen molar-refractivity contribution in [1.29, 1.82) is 5.41 Å². The van der Waals surface area contributed by atoms with Gasteiger partial charge in [-0.25, -0.2) is 0 Å². The summed E-state index contributed by atoms with van der Waals surface area (Å²) in [7, 11) is 0. The quantitative estimate of drug-likeness (QED) is 0.487. The number of rotatable bonds is 5. The highest BCUT2D eigenvalue weighted by Crippen LogP contribution is 2.28. The van der Waals surface area contributed by atoms with Crippen LogP contribution < -0.4 is 5.32 Å². The van der Waals surface area contributed by atoms with E-state index >= 15 is 0 Å². The van der Waals surface area contributed by atoms with E-state index in [1.807, 2.05) is 49.4 Å². The van der Waals surface area contributed by atoms with E-state index in [0.29, 0.717) is 23.8 Å². The molecule has 4 rings (SSSR count). The van der Waals surface area contributed by atoms with E-state index in [4.69, 9.17) is 10.1 Å². The molecule has 0 spiro atoms. The van der Waals surface area contributed by atoms with Crippen molar-refractivity contribution in [1.82, 2.24) is 15.5 Å². The van der Waals surface area contributed by atoms with Gasteiger partial charge in [-0.15, -0.1) is 0 Å². The normalized spacial score (nSPS) is 13.6. The fraction of sp³-hybridized carbons (Fsp3) is 0.250. The number of fused-ring (bicyclic) bond motifs is 1. The third-order valence-corrected chi connectivity index (χ3v) is 4.42. The van der Waals surface area contributed by atoms with E-state index in [-0.39, 0.29) is 11.8 Å². The number of ether oxygens (including phenoxy) is 1. The number of amides is 1. The first-order valence-electron chi connectivity index (χ1n) is 8.77. The molecule has 1 amide bonds. The fourth-order valence-corrected chi connectivity index (χ4v) is 2.91. The molecule has 0 radical (unpaired) electrons. The molecule has 0 unspecified atom stereocenters. The highest BCUT2D eigenvalue weighted by atomic mass is 16.5. The number of benzene rings is 2. The van der Waals surface area contributed by atoms with Crippen molar-refractivity contribution >= 4 is 22.7 Å². The zero-order valence-electron chi connectivity index (χ0n) is 14.5. The Hall–Kier alpha value is -3.15. The van der Waals surface area contributed by atoms with Crippen molar-refractivity contribution in [3.63, 3.8) is 0 Å². The lowest BCUT2D eigenvalue weighted by Crippen LogP contribution is -2.25. The average Bonchev–Trinajstić information content (AvgIpc) is 3.37. The Labute approximate surface area is 151 Å². The van der Waals surface area contributed by atoms with Crippen LogP contribution in [0.5, 0.6) is 0 Å². The molecule has 26 heavy (non-hydrogen) atoms. The van der Waals surface area contributed by atoms with Crippen LogP contribution in [0.4, 0.5) is 0 Å². The zero-order chi connectivity index (χ0) is 18.1. The van der Waals surface area contributed by atoms with Gasteiger partial charge in [0.25, 0.3) is 5.91 Å². The number of H-pyrrole nitrogens is 1. The van der Waals surface area contributed by atoms with Crippen LogP contribution in [-0.4, -0.2) is 34.7 Å². The maximum absolute atomic E-state index is 12.3. The first kappa shape index (κ1) is 16.3. The molecule has 1 aliphatic rings. The van der Waals surface area contributed by atoms with Gasteiger partial charge in [-0.3, -0.25) is 15.3 Å². The molecule has 0 aliphatic heterocycles. The van der Waals surface area contributed by atoms with E-state index < -0.39 is 0 Å². The van der Waals surface area contributed by atoms with Gasteiger partial charge in [0.1, 0.15) is 0 Å². The molecule has 0 atom stereocenters. The summed E-state index contributed by atoms with van der Waals surface area (Å²) in [5.41, 5.74) is 3.82. The number of hydrogen-bond acceptors (Lipinski definition) is 4. The Morgan fingerprint density at radius 3 is 2.88 bits per heavy atom. The maximum Gasteiger partial charge on any atom is 0.251 e. The van der Waals surface area contributed by atoms with Crippen molar-refractivity contribution in [2.75, 3.05) is 6.61 Å². The molecule has 0 bridgehead atoms. The number of carbonyl (C=O) groups is 1. The molecule has 6 heteroatoms. The first-order valence-corrected chi connectivity index (χ1v) is 8.77. The molecule has 1 aliphatic carbocycles. The monoisotopic (exact) mass is 348 g/mol. The second kappa shape index (κ2) is 6.63. The van der Waals surface area contributed by atoms with Crippen LogP contribution in [0.3, 0.4) is 0 Å². The summed E-state index contributed by atoms with van der Waals surface area (Å²) in [4.78, 5) is 12.3. The summed E-state index contributed by atoms with van der Waals surface area (Å²) < 4.78 is 5.29. The molecule has 0 saturated heterocycles. The summed E-state index contributed by atoms with van der Waals surface area (Å²) in [5, 5.41) is 19.3. The van der Waals surface area contributed by atoms with E-state index in [2.05, 4.69) is 15.5 Å². The summed E-state index contributed by atoms with van der Waals surface area (Å²) in [6.45, 7) is 2.31. The minimum atomic E-state index is -0.0481. The van der Waals surface area contributed by atoms with Gasteiger partial charge in [0.2, 0.25) is 5.90 Å². The van der Waals surface area contributed by atoms with Crippen LogP contribution in [0.15, 0.2) is 42.5 Å². The maximum atomic E-state index is 12.3. The highest BCUT2D eigenvalue weighted by Gasteiger charge is 2.24. The van der Waals surface area contributed by atoms with Crippen LogP contribution in [0.25, 0.3) is 22.2 Å². The summed E-state index contributed by atoms with van der Waals surface area (Å²) in [5.74, 6) is 0.0899. The minimum absolute atomic E-state index is 0.0481. The second-order valence-electron chi connectivity index (χ2n) is 6.42. The number of aromatic amines is 1. The Bertz CT molecular complexity index is 988. The van der Waals surface area contributed by atoms with Crippen LogP contribution in [0, 0.1) is 5.41 Å². The van der Waals surface area contributed by atoms with E-state index in [9.17, 15) is 4.79 Å². The third kappa shape index (κ3) is 3.18. The Morgan fingerprint density at radius 1 is 1.27 bits per heavy atom. The molecule has 6 nitrogen and oxygen atoms in total. The largest absolute Gasteiger partial charge is 0.478 e. The summed E-state index contributed by atoms with van der Waals surface area (Å²) >= 11 is 0. The molecule has 1 heterocycles. The number of aromatic nitrogens is 2. The van der Waals surface area contributed by atoms with Crippen LogP contribution >= 0.6 is 0 Å². The van der Waals surface area contributed by atoms with Crippen molar-refractivity contribution in [2.45, 2.75) is 25.8 Å². The fourth-order valence-electron chi connectivity index (χ4n) is 2.91. The van der Waals surface area contributed by atoms with Gasteiger partial charge in [-0.2, -0.15) is 5.10 Å². The standard InChI is InChI=1S/C20H20N4O2/c1-2-26-19(21)13-6-9-17-16(11-13)18(24-23-17)12-4-3-5-14(10-12)20(25)22-15-7-8-15/h3-6,9-11,15,21H,2,7-8H2,1H3,(H,22,25)(H,23,24). The first-order chi connectivity index (χ1) is 12.7. The van der Waals surface area contributed by atoms with E-state index in [0.717, 1.165) is 35.0 Å². The van der Waals surface area contributed by atoms with Crippen molar-refractivity contribution in [3.8, 4) is 11.3 Å². The van der Waals surface area contributed by atoms with Gasteiger partial charge in [0.15, 0.2) is 0 Å². The van der Waals surface area contributed by atoms with Crippen molar-refractivity contribution in [3.05, 3.63) is 53.6 Å². The molecule has 1 saturated carbocycles. The summed E-state index contributed by atoms with van der Waals surface area (Å²) in [6.07, 6.45) is 2.12. The van der Waals surface area contributed by atoms with E-state index in [1.165, 1.54) is 0 Å². The topological polar surface area (TPSA) is 90.9 Å². The Balaban J connectivity index is 1.70. The predicted octanol–water partition coefficient (Wildman–Crippen LogP) is 3.48. The molecular formula is C20H20N4O2. The van der Waals surface area contributed by atoms with Crippen molar-refractivity contribution in [2.24, 2.45) is 0 Å². The lowest BCUT2D eigenvalue weighted by molar-refractivity contribution is 0.0951. The van der Waals surface area contributed by atoms with Gasteiger partial charge in [0.05, 0.1) is 17.8 Å². The third-order valence-electron chi connectivity index (χ3n) is 4.42. The molecular weight excluding hydrogens is 328 g/mol. The number of nitrogens with zero attached hydrogens (tertiary/aromatic N) is 1. The number of carbonyl (C=O) groups excluding carboxylic acids is 1. The van der Waals surface area contributed by atoms with Gasteiger partial charge in [-0.1, -0.05) is 12.1 Å². The van der Waals surface area contributed by atoms with Gasteiger partial charge in [0, 0.05) is 28.1 Å². The Morgan fingerprint density at radius 2 is 2.12 bits per heavy atom. The zero-order valence-corrected chi connectivity index (χ0v) is 14.5. The molecule has 2 aromatic carbocycles. The van der Waals surface area contributed by atoms with E-state index in [1.54, 1.807) is 0 Å². The lowest BCUT2D eigenvalue weighted by atomic mass is 10.0. The van der Waals surface area contributed by atoms with Gasteiger partial charge >= 0.3 is 0 Å². The van der Waals surface area contributed by atoms with Gasteiger partial charge in [-0.05, 0) is 50.1 Å². The second-order valence-corrected chi connectivity index (χ2v) is 6.42. The molecule has 132 valence electrons. The van der Waals surface area contributed by atoms with Crippen LogP contribution in [-0.2, 0) is 4.74 Å². The molecule has 1 fully saturated rings. The Kier molecular flexibility index (Phi) is 4.16. The average molecular weight is 348 g/mol. The van der Waals surface area contributed by atoms with Crippen LogP contribution in [0.1, 0.15) is 35.7 Å². The lowest BCUT2D eigenvalue weighted by Gasteiger charge is -2.06.